The molecule has 0 amide bonds. The van der Waals surface area contributed by atoms with E-state index in [4.69, 9.17) is 14.4 Å². The molecule has 6 heteroatoms. The molecule has 111 valence electrons. The van der Waals surface area contributed by atoms with Gasteiger partial charge in [-0.05, 0) is 29.8 Å². The first-order chi connectivity index (χ1) is 10.8. The summed E-state index contributed by atoms with van der Waals surface area (Å²) in [4.78, 5) is 4.34. The highest BCUT2D eigenvalue weighted by atomic mass is 19.1. The van der Waals surface area contributed by atoms with Crippen molar-refractivity contribution in [2.24, 2.45) is 4.99 Å². The zero-order valence-corrected chi connectivity index (χ0v) is 11.7. The second-order valence-corrected chi connectivity index (χ2v) is 4.85. The molecule has 3 rings (SSSR count). The molecule has 22 heavy (non-hydrogen) atoms. The highest BCUT2D eigenvalue weighted by molar-refractivity contribution is 6.17. The molecule has 0 fully saturated rings. The summed E-state index contributed by atoms with van der Waals surface area (Å²) in [6.45, 7) is -0.594. The van der Waals surface area contributed by atoms with Crippen LogP contribution in [0.3, 0.4) is 0 Å². The van der Waals surface area contributed by atoms with Crippen molar-refractivity contribution in [1.29, 1.82) is 0 Å². The summed E-state index contributed by atoms with van der Waals surface area (Å²) in [5.41, 5.74) is 1.64. The van der Waals surface area contributed by atoms with Crippen molar-refractivity contribution in [3.8, 4) is 5.75 Å². The van der Waals surface area contributed by atoms with Crippen molar-refractivity contribution in [3.63, 3.8) is 0 Å². The van der Waals surface area contributed by atoms with E-state index in [1.54, 1.807) is 24.3 Å². The third-order valence-electron chi connectivity index (χ3n) is 3.45. The summed E-state index contributed by atoms with van der Waals surface area (Å²) in [6.07, 6.45) is -0.465. The number of alkyl halides is 1. The van der Waals surface area contributed by atoms with E-state index < -0.39 is 18.8 Å². The van der Waals surface area contributed by atoms with E-state index in [1.165, 1.54) is 0 Å². The Morgan fingerprint density at radius 3 is 2.50 bits per heavy atom. The molecule has 0 spiro atoms. The van der Waals surface area contributed by atoms with E-state index in [0.717, 1.165) is 11.1 Å². The van der Waals surface area contributed by atoms with Crippen LogP contribution in [0.2, 0.25) is 0 Å². The monoisotopic (exact) mass is 298 g/mol. The van der Waals surface area contributed by atoms with Crippen LogP contribution in [-0.4, -0.2) is 31.3 Å². The van der Waals surface area contributed by atoms with Crippen LogP contribution in [0.25, 0.3) is 0 Å². The van der Waals surface area contributed by atoms with Gasteiger partial charge in [0.15, 0.2) is 6.10 Å². The first-order valence-corrected chi connectivity index (χ1v) is 6.90. The van der Waals surface area contributed by atoms with Gasteiger partial charge >= 0.3 is 7.69 Å². The molecular weight excluding hydrogens is 284 g/mol. The van der Waals surface area contributed by atoms with E-state index in [1.807, 2.05) is 30.3 Å². The summed E-state index contributed by atoms with van der Waals surface area (Å²) >= 11 is 0. The van der Waals surface area contributed by atoms with Crippen molar-refractivity contribution in [2.45, 2.75) is 12.1 Å². The van der Waals surface area contributed by atoms with E-state index in [9.17, 15) is 4.39 Å². The van der Waals surface area contributed by atoms with Crippen molar-refractivity contribution in [3.05, 3.63) is 65.7 Å². The molecule has 0 unspecified atom stereocenters. The quantitative estimate of drug-likeness (QED) is 0.863. The lowest BCUT2D eigenvalue weighted by Crippen LogP contribution is -2.16. The molecule has 0 saturated carbocycles. The van der Waals surface area contributed by atoms with Gasteiger partial charge in [-0.3, -0.25) is 0 Å². The molecule has 0 aliphatic carbocycles. The fourth-order valence-electron chi connectivity index (χ4n) is 2.37. The molecule has 2 aromatic carbocycles. The predicted octanol–water partition coefficient (Wildman–Crippen LogP) is 2.45. The molecule has 0 aromatic heterocycles. The largest absolute Gasteiger partial charge is 0.569 e. The Labute approximate surface area is 128 Å². The van der Waals surface area contributed by atoms with Gasteiger partial charge in [0.2, 0.25) is 5.90 Å². The number of ether oxygens (including phenoxy) is 1. The molecule has 0 bridgehead atoms. The van der Waals surface area contributed by atoms with Gasteiger partial charge in [0.05, 0.1) is 5.75 Å². The summed E-state index contributed by atoms with van der Waals surface area (Å²) in [5, 5.41) is 8.60. The number of hydrogen-bond donors (Lipinski definition) is 1. The smallest absolute Gasteiger partial charge is 0.537 e. The van der Waals surface area contributed by atoms with Crippen LogP contribution >= 0.6 is 0 Å². The van der Waals surface area contributed by atoms with Crippen molar-refractivity contribution >= 4 is 13.6 Å². The van der Waals surface area contributed by atoms with Gasteiger partial charge in [0.1, 0.15) is 12.7 Å². The van der Waals surface area contributed by atoms with Gasteiger partial charge in [-0.2, -0.15) is 0 Å². The van der Waals surface area contributed by atoms with Gasteiger partial charge in [-0.25, -0.2) is 9.38 Å². The minimum absolute atomic E-state index is 0.456. The lowest BCUT2D eigenvalue weighted by molar-refractivity contribution is 0.180. The van der Waals surface area contributed by atoms with Crippen LogP contribution in [0.5, 0.6) is 5.75 Å². The van der Waals surface area contributed by atoms with Crippen molar-refractivity contribution in [2.75, 3.05) is 6.67 Å². The number of nitrogens with zero attached hydrogens (tertiary/aromatic N) is 1. The topological polar surface area (TPSA) is 51.0 Å². The number of benzene rings is 2. The maximum atomic E-state index is 13.3. The standard InChI is InChI=1S/C16H14BFNO3/c18-10-14-15(11-6-8-13(9-7-11)22-17-20)21-16(19-14)12-4-2-1-3-5-12/h1-9,14-15,20H,10H2/t14-,15-/m1/s1. The minimum Gasteiger partial charge on any atom is -0.537 e. The van der Waals surface area contributed by atoms with Gasteiger partial charge in [-0.1, -0.05) is 30.3 Å². The fraction of sp³-hybridized carbons (Fsp3) is 0.188. The molecular formula is C16H14BFNO3. The number of aliphatic imine (C=N–C) groups is 1. The maximum Gasteiger partial charge on any atom is 0.569 e. The average Bonchev–Trinajstić information content (AvgIpc) is 3.01. The Balaban J connectivity index is 1.80. The molecule has 1 N–H and O–H groups in total. The number of halogens is 1. The van der Waals surface area contributed by atoms with Crippen molar-refractivity contribution in [1.82, 2.24) is 0 Å². The SMILES string of the molecule is O[B]Oc1ccc([C@H]2OC(c3ccccc3)=N[C@@H]2CF)cc1. The van der Waals surface area contributed by atoms with E-state index in [2.05, 4.69) is 4.99 Å². The lowest BCUT2D eigenvalue weighted by atomic mass is 10.0. The Hall–Kier alpha value is -2.34. The molecule has 1 aliphatic heterocycles. The van der Waals surface area contributed by atoms with Crippen LogP contribution in [0, 0.1) is 0 Å². The van der Waals surface area contributed by atoms with E-state index in [0.29, 0.717) is 19.3 Å². The molecule has 1 heterocycles. The van der Waals surface area contributed by atoms with Crippen LogP contribution < -0.4 is 4.65 Å². The molecule has 2 atom stereocenters. The molecule has 2 aromatic rings. The molecule has 0 saturated heterocycles. The number of hydrogen-bond acceptors (Lipinski definition) is 4. The van der Waals surface area contributed by atoms with Gasteiger partial charge in [-0.15, -0.1) is 0 Å². The van der Waals surface area contributed by atoms with Crippen molar-refractivity contribution < 1.29 is 18.8 Å². The Kier molecular flexibility index (Phi) is 4.39. The molecule has 1 aliphatic rings. The van der Waals surface area contributed by atoms with Gasteiger partial charge < -0.3 is 14.4 Å². The zero-order valence-electron chi connectivity index (χ0n) is 11.7. The maximum absolute atomic E-state index is 13.3. The van der Waals surface area contributed by atoms with Crippen LogP contribution in [-0.2, 0) is 4.74 Å². The molecule has 1 radical (unpaired) electrons. The van der Waals surface area contributed by atoms with E-state index >= 15 is 0 Å². The van der Waals surface area contributed by atoms with E-state index in [-0.39, 0.29) is 0 Å². The highest BCUT2D eigenvalue weighted by Crippen LogP contribution is 2.32. The average molecular weight is 298 g/mol. The van der Waals surface area contributed by atoms with Gasteiger partial charge in [0.25, 0.3) is 0 Å². The Bertz CT molecular complexity index is 648. The summed E-state index contributed by atoms with van der Waals surface area (Å²) < 4.78 is 24.0. The van der Waals surface area contributed by atoms with Gasteiger partial charge in [0, 0.05) is 5.56 Å². The van der Waals surface area contributed by atoms with Crippen LogP contribution in [0.1, 0.15) is 17.2 Å². The lowest BCUT2D eigenvalue weighted by Gasteiger charge is -2.16. The Morgan fingerprint density at radius 1 is 1.14 bits per heavy atom. The zero-order chi connectivity index (χ0) is 15.4. The van der Waals surface area contributed by atoms with Crippen LogP contribution in [0.4, 0.5) is 4.39 Å². The van der Waals surface area contributed by atoms with Crippen LogP contribution in [0.15, 0.2) is 59.6 Å². The summed E-state index contributed by atoms with van der Waals surface area (Å²) in [6, 6.07) is 15.8. The third-order valence-corrected chi connectivity index (χ3v) is 3.45. The minimum atomic E-state index is -0.594. The first kappa shape index (κ1) is 14.6. The normalized spacial score (nSPS) is 20.2. The second-order valence-electron chi connectivity index (χ2n) is 4.85. The summed E-state index contributed by atoms with van der Waals surface area (Å²) in [5.74, 6) is 0.947. The number of rotatable bonds is 5. The third kappa shape index (κ3) is 2.97. The fourth-order valence-corrected chi connectivity index (χ4v) is 2.37. The second kappa shape index (κ2) is 6.62. The first-order valence-electron chi connectivity index (χ1n) is 6.90. The summed E-state index contributed by atoms with van der Waals surface area (Å²) in [7, 11) is 0.613. The predicted molar refractivity (Wildman–Crippen MR) is 81.6 cm³/mol. The molecule has 4 nitrogen and oxygen atoms in total. The Morgan fingerprint density at radius 2 is 1.86 bits per heavy atom. The highest BCUT2D eigenvalue weighted by Gasteiger charge is 2.32.